The highest BCUT2D eigenvalue weighted by molar-refractivity contribution is 8.00. The highest BCUT2D eigenvalue weighted by Gasteiger charge is 2.41. The Morgan fingerprint density at radius 3 is 2.81 bits per heavy atom. The molecule has 7 heteroatoms. The Kier molecular flexibility index (Phi) is 5.00. The fourth-order valence-electron chi connectivity index (χ4n) is 2.31. The van der Waals surface area contributed by atoms with Gasteiger partial charge in [0.05, 0.1) is 16.0 Å². The van der Waals surface area contributed by atoms with Gasteiger partial charge in [0.25, 0.3) is 5.91 Å². The summed E-state index contributed by atoms with van der Waals surface area (Å²) in [7, 11) is 0. The molecule has 1 aromatic rings. The number of halogens is 1. The Morgan fingerprint density at radius 2 is 2.19 bits per heavy atom. The number of hydrogen-bond acceptors (Lipinski definition) is 4. The zero-order valence-corrected chi connectivity index (χ0v) is 13.0. The molecule has 0 saturated carbocycles. The van der Waals surface area contributed by atoms with Crippen molar-refractivity contribution in [2.75, 3.05) is 5.75 Å². The van der Waals surface area contributed by atoms with Crippen LogP contribution in [0.4, 0.5) is 0 Å². The van der Waals surface area contributed by atoms with Crippen molar-refractivity contribution in [2.45, 2.75) is 31.2 Å². The third-order valence-electron chi connectivity index (χ3n) is 3.33. The summed E-state index contributed by atoms with van der Waals surface area (Å²) in [5, 5.41) is 18.8. The zero-order valence-electron chi connectivity index (χ0n) is 11.5. The Balaban J connectivity index is 2.36. The maximum atomic E-state index is 12.7. The van der Waals surface area contributed by atoms with Gasteiger partial charge in [-0.15, -0.1) is 11.8 Å². The number of phenols is 1. The van der Waals surface area contributed by atoms with Crippen LogP contribution in [0.3, 0.4) is 0 Å². The molecule has 1 heterocycles. The van der Waals surface area contributed by atoms with E-state index in [-0.39, 0.29) is 21.7 Å². The molecule has 1 fully saturated rings. The van der Waals surface area contributed by atoms with Crippen LogP contribution < -0.4 is 0 Å². The quantitative estimate of drug-likeness (QED) is 0.888. The summed E-state index contributed by atoms with van der Waals surface area (Å²) in [6.07, 6.45) is 1.57. The number of amides is 1. The number of carbonyl (C=O) groups excluding carboxylic acids is 1. The molecule has 1 aliphatic heterocycles. The van der Waals surface area contributed by atoms with Crippen LogP contribution in [-0.4, -0.2) is 44.2 Å². The number of nitrogens with zero attached hydrogens (tertiary/aromatic N) is 1. The van der Waals surface area contributed by atoms with Gasteiger partial charge in [0.1, 0.15) is 11.8 Å². The van der Waals surface area contributed by atoms with Crippen molar-refractivity contribution >= 4 is 35.2 Å². The molecule has 0 bridgehead atoms. The Hall–Kier alpha value is -1.40. The van der Waals surface area contributed by atoms with E-state index in [9.17, 15) is 19.8 Å². The van der Waals surface area contributed by atoms with Crippen molar-refractivity contribution in [1.29, 1.82) is 0 Å². The van der Waals surface area contributed by atoms with E-state index in [4.69, 9.17) is 11.6 Å². The minimum atomic E-state index is -1.02. The summed E-state index contributed by atoms with van der Waals surface area (Å²) in [5.74, 6) is -1.19. The van der Waals surface area contributed by atoms with Gasteiger partial charge >= 0.3 is 5.97 Å². The smallest absolute Gasteiger partial charge is 0.327 e. The molecule has 21 heavy (non-hydrogen) atoms. The second-order valence-electron chi connectivity index (χ2n) is 4.81. The highest BCUT2D eigenvalue weighted by Crippen LogP contribution is 2.35. The SMILES string of the molecule is CCCC1SCC(C(=O)O)N1C(=O)c1cc(O)ccc1Cl. The van der Waals surface area contributed by atoms with Gasteiger partial charge in [-0.25, -0.2) is 4.79 Å². The monoisotopic (exact) mass is 329 g/mol. The summed E-state index contributed by atoms with van der Waals surface area (Å²) in [6.45, 7) is 1.98. The topological polar surface area (TPSA) is 77.8 Å². The summed E-state index contributed by atoms with van der Waals surface area (Å²) in [4.78, 5) is 25.4. The van der Waals surface area contributed by atoms with Crippen molar-refractivity contribution in [3.63, 3.8) is 0 Å². The molecule has 0 aromatic heterocycles. The summed E-state index contributed by atoms with van der Waals surface area (Å²) >= 11 is 7.47. The third kappa shape index (κ3) is 3.27. The number of carbonyl (C=O) groups is 2. The van der Waals surface area contributed by atoms with Crippen LogP contribution in [0.5, 0.6) is 5.75 Å². The van der Waals surface area contributed by atoms with Gasteiger partial charge in [0, 0.05) is 5.75 Å². The molecule has 1 amide bonds. The molecular formula is C14H16ClNO4S. The Labute approximate surface area is 131 Å². The van der Waals surface area contributed by atoms with Crippen molar-refractivity contribution in [3.05, 3.63) is 28.8 Å². The van der Waals surface area contributed by atoms with Crippen molar-refractivity contribution in [1.82, 2.24) is 4.90 Å². The number of aromatic hydroxyl groups is 1. The first kappa shape index (κ1) is 16.0. The second-order valence-corrected chi connectivity index (χ2v) is 6.43. The fraction of sp³-hybridized carbons (Fsp3) is 0.429. The largest absolute Gasteiger partial charge is 0.508 e. The number of carboxylic acid groups (broad SMARTS) is 1. The number of carboxylic acids is 1. The van der Waals surface area contributed by atoms with Gasteiger partial charge in [-0.3, -0.25) is 4.79 Å². The van der Waals surface area contributed by atoms with Crippen LogP contribution in [0.1, 0.15) is 30.1 Å². The first-order valence-electron chi connectivity index (χ1n) is 6.61. The molecule has 1 aromatic carbocycles. The number of benzene rings is 1. The lowest BCUT2D eigenvalue weighted by molar-refractivity contribution is -0.141. The minimum Gasteiger partial charge on any atom is -0.508 e. The lowest BCUT2D eigenvalue weighted by atomic mass is 10.1. The molecule has 0 spiro atoms. The number of aliphatic carboxylic acids is 1. The van der Waals surface area contributed by atoms with Crippen LogP contribution in [-0.2, 0) is 4.79 Å². The molecule has 5 nitrogen and oxygen atoms in total. The molecule has 0 radical (unpaired) electrons. The maximum absolute atomic E-state index is 12.7. The third-order valence-corrected chi connectivity index (χ3v) is 5.01. The van der Waals surface area contributed by atoms with Crippen molar-refractivity contribution in [3.8, 4) is 5.75 Å². The Morgan fingerprint density at radius 1 is 1.48 bits per heavy atom. The van der Waals surface area contributed by atoms with Crippen LogP contribution >= 0.6 is 23.4 Å². The van der Waals surface area contributed by atoms with E-state index in [1.165, 1.54) is 34.9 Å². The standard InChI is InChI=1S/C14H16ClNO4S/c1-2-3-12-16(11(7-21-12)14(19)20)13(18)9-6-8(17)4-5-10(9)15/h4-6,11-12,17H,2-3,7H2,1H3,(H,19,20). The average molecular weight is 330 g/mol. The molecule has 114 valence electrons. The van der Waals surface area contributed by atoms with Gasteiger partial charge in [0.15, 0.2) is 0 Å². The minimum absolute atomic E-state index is 0.0754. The molecule has 1 saturated heterocycles. The lowest BCUT2D eigenvalue weighted by Crippen LogP contribution is -2.45. The van der Waals surface area contributed by atoms with E-state index in [1.807, 2.05) is 6.92 Å². The van der Waals surface area contributed by atoms with Gasteiger partial charge in [-0.05, 0) is 24.6 Å². The molecule has 1 aliphatic rings. The van der Waals surface area contributed by atoms with E-state index >= 15 is 0 Å². The average Bonchev–Trinajstić information content (AvgIpc) is 2.85. The van der Waals surface area contributed by atoms with E-state index in [0.717, 1.165) is 12.8 Å². The van der Waals surface area contributed by atoms with Crippen LogP contribution in [0.2, 0.25) is 5.02 Å². The molecule has 2 rings (SSSR count). The van der Waals surface area contributed by atoms with Gasteiger partial charge in [0.2, 0.25) is 0 Å². The predicted octanol–water partition coefficient (Wildman–Crippen LogP) is 2.81. The van der Waals surface area contributed by atoms with E-state index in [1.54, 1.807) is 0 Å². The zero-order chi connectivity index (χ0) is 15.6. The van der Waals surface area contributed by atoms with Crippen molar-refractivity contribution in [2.24, 2.45) is 0 Å². The lowest BCUT2D eigenvalue weighted by Gasteiger charge is -2.27. The van der Waals surface area contributed by atoms with Gasteiger partial charge in [-0.1, -0.05) is 24.9 Å². The highest BCUT2D eigenvalue weighted by atomic mass is 35.5. The first-order chi connectivity index (χ1) is 9.95. The molecule has 0 aliphatic carbocycles. The van der Waals surface area contributed by atoms with E-state index < -0.39 is 17.9 Å². The number of hydrogen-bond donors (Lipinski definition) is 2. The summed E-state index contributed by atoms with van der Waals surface area (Å²) in [5.41, 5.74) is 0.131. The normalized spacial score (nSPS) is 21.5. The van der Waals surface area contributed by atoms with Gasteiger partial charge in [-0.2, -0.15) is 0 Å². The van der Waals surface area contributed by atoms with Crippen LogP contribution in [0.15, 0.2) is 18.2 Å². The number of thioether (sulfide) groups is 1. The molecular weight excluding hydrogens is 314 g/mol. The molecule has 2 atom stereocenters. The molecule has 2 unspecified atom stereocenters. The van der Waals surface area contributed by atoms with Crippen molar-refractivity contribution < 1.29 is 19.8 Å². The van der Waals surface area contributed by atoms with E-state index in [0.29, 0.717) is 5.75 Å². The fourth-order valence-corrected chi connectivity index (χ4v) is 4.02. The van der Waals surface area contributed by atoms with Gasteiger partial charge < -0.3 is 15.1 Å². The summed E-state index contributed by atoms with van der Waals surface area (Å²) < 4.78 is 0. The maximum Gasteiger partial charge on any atom is 0.327 e. The Bertz CT molecular complexity index is 566. The first-order valence-corrected chi connectivity index (χ1v) is 8.04. The summed E-state index contributed by atoms with van der Waals surface area (Å²) in [6, 6.07) is 3.22. The van der Waals surface area contributed by atoms with E-state index in [2.05, 4.69) is 0 Å². The number of phenolic OH excluding ortho intramolecular Hbond substituents is 1. The van der Waals surface area contributed by atoms with Crippen LogP contribution in [0.25, 0.3) is 0 Å². The molecule has 2 N–H and O–H groups in total. The second kappa shape index (κ2) is 6.58. The predicted molar refractivity (Wildman–Crippen MR) is 81.9 cm³/mol. The van der Waals surface area contributed by atoms with Crippen LogP contribution in [0, 0.1) is 0 Å². The number of rotatable bonds is 4.